The number of aromatic nitrogens is 3. The van der Waals surface area contributed by atoms with E-state index in [1.807, 2.05) is 0 Å². The van der Waals surface area contributed by atoms with Crippen molar-refractivity contribution in [3.63, 3.8) is 0 Å². The molecule has 0 spiro atoms. The number of alkyl halides is 2. The number of fused-ring (bicyclic) bond motifs is 1. The molecular weight excluding hydrogens is 482 g/mol. The van der Waals surface area contributed by atoms with Crippen LogP contribution in [-0.2, 0) is 14.6 Å². The Bertz CT molecular complexity index is 1390. The summed E-state index contributed by atoms with van der Waals surface area (Å²) in [5.41, 5.74) is 1.52. The van der Waals surface area contributed by atoms with Gasteiger partial charge in [0.2, 0.25) is 0 Å². The molecule has 0 aliphatic carbocycles. The van der Waals surface area contributed by atoms with E-state index < -0.39 is 27.9 Å². The first kappa shape index (κ1) is 23.6. The molecule has 2 fully saturated rings. The lowest BCUT2D eigenvalue weighted by atomic mass is 10.0. The summed E-state index contributed by atoms with van der Waals surface area (Å²) in [6, 6.07) is 7.79. The lowest BCUT2D eigenvalue weighted by Gasteiger charge is -2.23. The van der Waals surface area contributed by atoms with Crippen LogP contribution in [0.4, 0.5) is 8.78 Å². The highest BCUT2D eigenvalue weighted by Crippen LogP contribution is 2.33. The molecule has 2 atom stereocenters. The number of hydrogen-bond donors (Lipinski definition) is 1. The minimum atomic E-state index is -3.19. The molecule has 2 saturated heterocycles. The van der Waals surface area contributed by atoms with E-state index in [2.05, 4.69) is 15.0 Å². The van der Waals surface area contributed by atoms with Gasteiger partial charge in [-0.25, -0.2) is 8.42 Å². The van der Waals surface area contributed by atoms with E-state index >= 15 is 0 Å². The number of pyridine rings is 1. The van der Waals surface area contributed by atoms with Gasteiger partial charge in [-0.05, 0) is 38.0 Å². The third-order valence-electron chi connectivity index (χ3n) is 6.31. The molecule has 0 radical (unpaired) electrons. The highest BCUT2D eigenvalue weighted by atomic mass is 32.2. The molecule has 1 N–H and O–H groups in total. The highest BCUT2D eigenvalue weighted by Gasteiger charge is 2.39. The number of amides is 1. The van der Waals surface area contributed by atoms with E-state index in [-0.39, 0.29) is 28.9 Å². The Labute approximate surface area is 200 Å². The molecule has 1 aromatic carbocycles. The molecule has 1 amide bonds. The van der Waals surface area contributed by atoms with Crippen molar-refractivity contribution in [2.24, 2.45) is 0 Å². The standard InChI is InChI=1S/C23H24F2N4O5S/c1-23(6-8-35(31,32)13-23)27-21(30)15-10-18-20(26-11-15)19(28-29(18)16-5-7-33-12-16)14-3-2-4-17(9-14)34-22(24)25/h2-4,9-11,16,22H,5-8,12-13H2,1H3,(H,27,30)/t16-,23+/m1/s1. The molecule has 5 rings (SSSR count). The fraction of sp³-hybridized carbons (Fsp3) is 0.435. The summed E-state index contributed by atoms with van der Waals surface area (Å²) in [7, 11) is -3.19. The number of carbonyl (C=O) groups excluding carboxylic acids is 1. The van der Waals surface area contributed by atoms with E-state index in [9.17, 15) is 22.0 Å². The number of ether oxygens (including phenoxy) is 2. The Morgan fingerprint density at radius 1 is 1.34 bits per heavy atom. The van der Waals surface area contributed by atoms with Crippen LogP contribution in [0.3, 0.4) is 0 Å². The van der Waals surface area contributed by atoms with Gasteiger partial charge in [0.05, 0.1) is 40.8 Å². The van der Waals surface area contributed by atoms with Crippen molar-refractivity contribution < 1.29 is 31.5 Å². The number of benzene rings is 1. The van der Waals surface area contributed by atoms with Crippen LogP contribution in [0, 0.1) is 0 Å². The first-order valence-corrected chi connectivity index (χ1v) is 13.0. The second-order valence-corrected chi connectivity index (χ2v) is 11.3. The Kier molecular flexibility index (Phi) is 5.96. The number of nitrogens with one attached hydrogen (secondary N) is 1. The fourth-order valence-electron chi connectivity index (χ4n) is 4.61. The van der Waals surface area contributed by atoms with E-state index in [4.69, 9.17) is 9.84 Å². The number of rotatable bonds is 6. The Balaban J connectivity index is 1.53. The van der Waals surface area contributed by atoms with Crippen LogP contribution in [-0.4, -0.2) is 66.0 Å². The van der Waals surface area contributed by atoms with Crippen molar-refractivity contribution in [2.45, 2.75) is 38.0 Å². The first-order chi connectivity index (χ1) is 16.6. The van der Waals surface area contributed by atoms with Crippen LogP contribution >= 0.6 is 0 Å². The topological polar surface area (TPSA) is 112 Å². The van der Waals surface area contributed by atoms with Crippen LogP contribution in [0.15, 0.2) is 36.5 Å². The maximum atomic E-state index is 13.0. The van der Waals surface area contributed by atoms with Crippen LogP contribution in [0.5, 0.6) is 5.75 Å². The van der Waals surface area contributed by atoms with Gasteiger partial charge in [0, 0.05) is 18.4 Å². The predicted molar refractivity (Wildman–Crippen MR) is 123 cm³/mol. The van der Waals surface area contributed by atoms with Gasteiger partial charge in [-0.2, -0.15) is 13.9 Å². The van der Waals surface area contributed by atoms with Crippen LogP contribution < -0.4 is 10.1 Å². The largest absolute Gasteiger partial charge is 0.435 e. The predicted octanol–water partition coefficient (Wildman–Crippen LogP) is 2.97. The van der Waals surface area contributed by atoms with E-state index in [0.29, 0.717) is 41.9 Å². The maximum absolute atomic E-state index is 13.0. The summed E-state index contributed by atoms with van der Waals surface area (Å²) in [5, 5.41) is 7.56. The number of halogens is 2. The monoisotopic (exact) mass is 506 g/mol. The van der Waals surface area contributed by atoms with Gasteiger partial charge in [0.15, 0.2) is 9.84 Å². The van der Waals surface area contributed by atoms with Gasteiger partial charge < -0.3 is 14.8 Å². The molecule has 4 heterocycles. The molecular formula is C23H24F2N4O5S. The maximum Gasteiger partial charge on any atom is 0.387 e. The van der Waals surface area contributed by atoms with Crippen molar-refractivity contribution in [3.05, 3.63) is 42.1 Å². The first-order valence-electron chi connectivity index (χ1n) is 11.2. The van der Waals surface area contributed by atoms with Crippen LogP contribution in [0.1, 0.15) is 36.2 Å². The zero-order valence-corrected chi connectivity index (χ0v) is 19.7. The smallest absolute Gasteiger partial charge is 0.387 e. The molecule has 35 heavy (non-hydrogen) atoms. The number of nitrogens with zero attached hydrogens (tertiary/aromatic N) is 3. The molecule has 0 saturated carbocycles. The number of carbonyl (C=O) groups is 1. The van der Waals surface area contributed by atoms with Crippen LogP contribution in [0.25, 0.3) is 22.3 Å². The van der Waals surface area contributed by atoms with Gasteiger partial charge in [0.25, 0.3) is 5.91 Å². The van der Waals surface area contributed by atoms with Crippen LogP contribution in [0.2, 0.25) is 0 Å². The summed E-state index contributed by atoms with van der Waals surface area (Å²) < 4.78 is 61.1. The summed E-state index contributed by atoms with van der Waals surface area (Å²) in [5.74, 6) is -0.504. The molecule has 2 aliphatic heterocycles. The van der Waals surface area contributed by atoms with Gasteiger partial charge >= 0.3 is 6.61 Å². The Morgan fingerprint density at radius 2 is 2.17 bits per heavy atom. The second-order valence-electron chi connectivity index (χ2n) is 9.17. The zero-order chi connectivity index (χ0) is 24.8. The number of hydrogen-bond acceptors (Lipinski definition) is 7. The molecule has 0 unspecified atom stereocenters. The average Bonchev–Trinajstić information content (AvgIpc) is 3.50. The SMILES string of the molecule is C[C@]1(NC(=O)c2cnc3c(-c4cccc(OC(F)F)c4)nn([C@@H]4CCOC4)c3c2)CCS(=O)(=O)C1. The summed E-state index contributed by atoms with van der Waals surface area (Å²) >= 11 is 0. The lowest BCUT2D eigenvalue weighted by Crippen LogP contribution is -2.46. The molecule has 0 bridgehead atoms. The van der Waals surface area contributed by atoms with Gasteiger partial charge in [-0.3, -0.25) is 14.5 Å². The minimum absolute atomic E-state index is 0.000146. The van der Waals surface area contributed by atoms with Crippen molar-refractivity contribution in [2.75, 3.05) is 24.7 Å². The minimum Gasteiger partial charge on any atom is -0.435 e. The zero-order valence-electron chi connectivity index (χ0n) is 18.9. The summed E-state index contributed by atoms with van der Waals surface area (Å²) in [6.07, 6.45) is 2.47. The quantitative estimate of drug-likeness (QED) is 0.547. The normalized spacial score (nSPS) is 23.7. The van der Waals surface area contributed by atoms with E-state index in [1.54, 1.807) is 29.8 Å². The van der Waals surface area contributed by atoms with Crippen molar-refractivity contribution in [3.8, 4) is 17.0 Å². The molecule has 12 heteroatoms. The fourth-order valence-corrected chi connectivity index (χ4v) is 6.70. The highest BCUT2D eigenvalue weighted by molar-refractivity contribution is 7.91. The van der Waals surface area contributed by atoms with Gasteiger partial charge in [-0.15, -0.1) is 0 Å². The van der Waals surface area contributed by atoms with E-state index in [1.165, 1.54) is 18.3 Å². The molecule has 9 nitrogen and oxygen atoms in total. The molecule has 2 aliphatic rings. The lowest BCUT2D eigenvalue weighted by molar-refractivity contribution is -0.0498. The van der Waals surface area contributed by atoms with Crippen molar-refractivity contribution in [1.82, 2.24) is 20.1 Å². The average molecular weight is 507 g/mol. The Hall–Kier alpha value is -3.12. The second kappa shape index (κ2) is 8.83. The molecule has 3 aromatic rings. The van der Waals surface area contributed by atoms with Crippen molar-refractivity contribution >= 4 is 26.8 Å². The van der Waals surface area contributed by atoms with E-state index in [0.717, 1.165) is 6.42 Å². The Morgan fingerprint density at radius 3 is 2.86 bits per heavy atom. The third-order valence-corrected chi connectivity index (χ3v) is 8.21. The summed E-state index contributed by atoms with van der Waals surface area (Å²) in [6.45, 7) is -0.226. The molecule has 2 aromatic heterocycles. The van der Waals surface area contributed by atoms with Gasteiger partial charge in [0.1, 0.15) is 17.0 Å². The molecule has 186 valence electrons. The van der Waals surface area contributed by atoms with Gasteiger partial charge in [-0.1, -0.05) is 12.1 Å². The summed E-state index contributed by atoms with van der Waals surface area (Å²) in [4.78, 5) is 17.5. The number of sulfone groups is 1. The third kappa shape index (κ3) is 4.85. The van der Waals surface area contributed by atoms with Crippen molar-refractivity contribution in [1.29, 1.82) is 0 Å².